The van der Waals surface area contributed by atoms with Gasteiger partial charge in [0.05, 0.1) is 28.0 Å². The van der Waals surface area contributed by atoms with Crippen LogP contribution in [0.15, 0.2) is 34.3 Å². The van der Waals surface area contributed by atoms with Crippen LogP contribution in [-0.2, 0) is 0 Å². The Morgan fingerprint density at radius 1 is 1.40 bits per heavy atom. The fraction of sp³-hybridized carbons (Fsp3) is 0.412. The van der Waals surface area contributed by atoms with Crippen LogP contribution < -0.4 is 10.6 Å². The Morgan fingerprint density at radius 2 is 2.24 bits per heavy atom. The molecule has 0 amide bonds. The van der Waals surface area contributed by atoms with Gasteiger partial charge in [0.2, 0.25) is 0 Å². The summed E-state index contributed by atoms with van der Waals surface area (Å²) in [7, 11) is 0. The van der Waals surface area contributed by atoms with E-state index in [9.17, 15) is 5.11 Å². The molecule has 25 heavy (non-hydrogen) atoms. The number of benzene rings is 1. The summed E-state index contributed by atoms with van der Waals surface area (Å²) in [6, 6.07) is 5.53. The molecular weight excluding hydrogens is 379 g/mol. The van der Waals surface area contributed by atoms with Gasteiger partial charge in [-0.25, -0.2) is 9.97 Å². The molecule has 1 saturated heterocycles. The molecule has 8 heteroatoms. The number of piperidine rings is 1. The SMILES string of the molecule is Cc1nc(NCC2CCNCC2O)cnc1Sc1cccc(Cl)c1Cl. The van der Waals surface area contributed by atoms with Gasteiger partial charge in [-0.2, -0.15) is 0 Å². The average molecular weight is 399 g/mol. The molecule has 1 fully saturated rings. The summed E-state index contributed by atoms with van der Waals surface area (Å²) in [5.41, 5.74) is 0.817. The molecular formula is C17H20Cl2N4OS. The van der Waals surface area contributed by atoms with Crippen molar-refractivity contribution in [3.63, 3.8) is 0 Å². The zero-order valence-electron chi connectivity index (χ0n) is 13.8. The van der Waals surface area contributed by atoms with Gasteiger partial charge in [0.1, 0.15) is 10.8 Å². The molecule has 0 saturated carbocycles. The van der Waals surface area contributed by atoms with Crippen molar-refractivity contribution in [2.75, 3.05) is 25.0 Å². The molecule has 0 aliphatic carbocycles. The van der Waals surface area contributed by atoms with Gasteiger partial charge in [0, 0.05) is 23.9 Å². The number of nitrogens with one attached hydrogen (secondary N) is 2. The van der Waals surface area contributed by atoms with Crippen LogP contribution in [0.5, 0.6) is 0 Å². The maximum atomic E-state index is 9.99. The highest BCUT2D eigenvalue weighted by molar-refractivity contribution is 7.99. The Bertz CT molecular complexity index is 747. The van der Waals surface area contributed by atoms with Gasteiger partial charge < -0.3 is 15.7 Å². The summed E-state index contributed by atoms with van der Waals surface area (Å²) in [6.45, 7) is 4.18. The number of aromatic nitrogens is 2. The molecule has 0 spiro atoms. The first kappa shape index (κ1) is 18.7. The van der Waals surface area contributed by atoms with Crippen molar-refractivity contribution in [1.29, 1.82) is 0 Å². The smallest absolute Gasteiger partial charge is 0.144 e. The van der Waals surface area contributed by atoms with E-state index in [1.165, 1.54) is 11.8 Å². The first-order valence-electron chi connectivity index (χ1n) is 8.12. The lowest BCUT2D eigenvalue weighted by Crippen LogP contribution is -2.43. The van der Waals surface area contributed by atoms with Crippen molar-refractivity contribution >= 4 is 40.8 Å². The minimum Gasteiger partial charge on any atom is -0.391 e. The van der Waals surface area contributed by atoms with E-state index in [1.807, 2.05) is 19.1 Å². The van der Waals surface area contributed by atoms with Gasteiger partial charge in [0.25, 0.3) is 0 Å². The first-order valence-corrected chi connectivity index (χ1v) is 9.70. The first-order chi connectivity index (χ1) is 12.0. The second-order valence-electron chi connectivity index (χ2n) is 6.00. The second-order valence-corrected chi connectivity index (χ2v) is 7.82. The average Bonchev–Trinajstić information content (AvgIpc) is 2.60. The molecule has 3 N–H and O–H groups in total. The summed E-state index contributed by atoms with van der Waals surface area (Å²) >= 11 is 13.7. The minimum absolute atomic E-state index is 0.225. The van der Waals surface area contributed by atoms with Gasteiger partial charge in [-0.3, -0.25) is 0 Å². The molecule has 5 nitrogen and oxygen atoms in total. The van der Waals surface area contributed by atoms with Crippen LogP contribution in [0, 0.1) is 12.8 Å². The minimum atomic E-state index is -0.324. The number of halogens is 2. The summed E-state index contributed by atoms with van der Waals surface area (Å²) in [6.07, 6.45) is 2.33. The standard InChI is InChI=1S/C17H20Cl2N4OS/c1-10-17(25-14-4-2-3-12(18)16(14)19)22-9-15(23-10)21-7-11-5-6-20-8-13(11)24/h2-4,9,11,13,20,24H,5-8H2,1H3,(H,21,23). The van der Waals surface area contributed by atoms with Crippen LogP contribution in [-0.4, -0.2) is 40.8 Å². The van der Waals surface area contributed by atoms with Crippen molar-refractivity contribution in [3.8, 4) is 0 Å². The monoisotopic (exact) mass is 398 g/mol. The van der Waals surface area contributed by atoms with Crippen molar-refractivity contribution < 1.29 is 5.11 Å². The third-order valence-corrected chi connectivity index (χ3v) is 6.24. The highest BCUT2D eigenvalue weighted by atomic mass is 35.5. The summed E-state index contributed by atoms with van der Waals surface area (Å²) in [4.78, 5) is 9.90. The molecule has 1 aromatic carbocycles. The number of nitrogens with zero attached hydrogens (tertiary/aromatic N) is 2. The molecule has 0 radical (unpaired) electrons. The van der Waals surface area contributed by atoms with Gasteiger partial charge in [-0.1, -0.05) is 41.0 Å². The molecule has 134 valence electrons. The predicted octanol–water partition coefficient (Wildman–Crippen LogP) is 3.63. The van der Waals surface area contributed by atoms with Crippen molar-refractivity contribution in [1.82, 2.24) is 15.3 Å². The number of hydrogen-bond donors (Lipinski definition) is 3. The van der Waals surface area contributed by atoms with Crippen LogP contribution in [0.3, 0.4) is 0 Å². The summed E-state index contributed by atoms with van der Waals surface area (Å²) in [5, 5.41) is 18.3. The van der Waals surface area contributed by atoms with E-state index in [-0.39, 0.29) is 12.0 Å². The van der Waals surface area contributed by atoms with Gasteiger partial charge in [-0.15, -0.1) is 0 Å². The number of hydrogen-bond acceptors (Lipinski definition) is 6. The van der Waals surface area contributed by atoms with Crippen molar-refractivity contribution in [2.45, 2.75) is 29.4 Å². The van der Waals surface area contributed by atoms with Crippen molar-refractivity contribution in [3.05, 3.63) is 40.1 Å². The zero-order chi connectivity index (χ0) is 17.8. The Kier molecular flexibility index (Phi) is 6.41. The maximum Gasteiger partial charge on any atom is 0.144 e. The highest BCUT2D eigenvalue weighted by Gasteiger charge is 2.22. The Balaban J connectivity index is 1.65. The highest BCUT2D eigenvalue weighted by Crippen LogP contribution is 2.37. The number of anilines is 1. The van der Waals surface area contributed by atoms with Gasteiger partial charge in [0.15, 0.2) is 0 Å². The molecule has 2 atom stereocenters. The second kappa shape index (κ2) is 8.56. The lowest BCUT2D eigenvalue weighted by molar-refractivity contribution is 0.0883. The number of aliphatic hydroxyl groups is 1. The van der Waals surface area contributed by atoms with E-state index < -0.39 is 0 Å². The van der Waals surface area contributed by atoms with Crippen molar-refractivity contribution in [2.24, 2.45) is 5.92 Å². The molecule has 1 aliphatic heterocycles. The lowest BCUT2D eigenvalue weighted by atomic mass is 9.95. The molecule has 1 aliphatic rings. The van der Waals surface area contributed by atoms with Crippen LogP contribution in [0.2, 0.25) is 10.0 Å². The molecule has 3 rings (SSSR count). The van der Waals surface area contributed by atoms with E-state index in [4.69, 9.17) is 23.2 Å². The Labute approximate surface area is 161 Å². The molecule has 2 unspecified atom stereocenters. The van der Waals surface area contributed by atoms with E-state index in [1.54, 1.807) is 12.3 Å². The molecule has 2 aromatic rings. The molecule has 1 aromatic heterocycles. The van der Waals surface area contributed by atoms with Crippen LogP contribution in [0.1, 0.15) is 12.1 Å². The largest absolute Gasteiger partial charge is 0.391 e. The van der Waals surface area contributed by atoms with Gasteiger partial charge in [-0.05, 0) is 32.0 Å². The Hall–Kier alpha value is -1.05. The topological polar surface area (TPSA) is 70.1 Å². The van der Waals surface area contributed by atoms with E-state index >= 15 is 0 Å². The summed E-state index contributed by atoms with van der Waals surface area (Å²) < 4.78 is 0. The third-order valence-electron chi connectivity index (χ3n) is 4.16. The number of aryl methyl sites for hydroxylation is 1. The van der Waals surface area contributed by atoms with E-state index in [0.29, 0.717) is 29.0 Å². The Morgan fingerprint density at radius 3 is 3.00 bits per heavy atom. The predicted molar refractivity (Wildman–Crippen MR) is 103 cm³/mol. The van der Waals surface area contributed by atoms with Crippen LogP contribution in [0.25, 0.3) is 0 Å². The maximum absolute atomic E-state index is 9.99. The third kappa shape index (κ3) is 4.77. The normalized spacial score (nSPS) is 20.5. The quantitative estimate of drug-likeness (QED) is 0.714. The zero-order valence-corrected chi connectivity index (χ0v) is 16.1. The fourth-order valence-electron chi connectivity index (χ4n) is 2.69. The van der Waals surface area contributed by atoms with Crippen LogP contribution in [0.4, 0.5) is 5.82 Å². The number of β-amino-alcohol motifs (C(OH)–C–C–N with tert-alkyl or cyclic N) is 1. The fourth-order valence-corrected chi connectivity index (χ4v) is 4.02. The lowest BCUT2D eigenvalue weighted by Gasteiger charge is -2.28. The van der Waals surface area contributed by atoms with Gasteiger partial charge >= 0.3 is 0 Å². The number of rotatable bonds is 5. The molecule has 2 heterocycles. The van der Waals surface area contributed by atoms with E-state index in [2.05, 4.69) is 20.6 Å². The van der Waals surface area contributed by atoms with E-state index in [0.717, 1.165) is 28.6 Å². The summed E-state index contributed by atoms with van der Waals surface area (Å²) in [5.74, 6) is 0.937. The number of aliphatic hydroxyl groups excluding tert-OH is 1. The van der Waals surface area contributed by atoms with Crippen LogP contribution >= 0.6 is 35.0 Å². The molecule has 0 bridgehead atoms.